The minimum absolute atomic E-state index is 0. The molecule has 6 heteroatoms. The number of hydrogen-bond acceptors (Lipinski definition) is 2. The summed E-state index contributed by atoms with van der Waals surface area (Å²) in [5.41, 5.74) is 2.41. The summed E-state index contributed by atoms with van der Waals surface area (Å²) in [6, 6.07) is 7.99. The van der Waals surface area contributed by atoms with Gasteiger partial charge in [-0.05, 0) is 23.5 Å². The molecule has 1 unspecified atom stereocenters. The molecule has 134 valence electrons. The minimum atomic E-state index is 0. The number of anilines is 1. The minimum Gasteiger partial charge on any atom is -0.356 e. The summed E-state index contributed by atoms with van der Waals surface area (Å²) in [5.74, 6) is 1.03. The zero-order chi connectivity index (χ0) is 16.9. The van der Waals surface area contributed by atoms with E-state index in [2.05, 4.69) is 47.8 Å². The van der Waals surface area contributed by atoms with Crippen LogP contribution in [0.1, 0.15) is 45.1 Å². The normalized spacial score (nSPS) is 17.4. The van der Waals surface area contributed by atoms with E-state index in [-0.39, 0.29) is 35.8 Å². The quantitative estimate of drug-likeness (QED) is 0.379. The molecule has 0 bridgehead atoms. The summed E-state index contributed by atoms with van der Waals surface area (Å²) < 4.78 is 0. The summed E-state index contributed by atoms with van der Waals surface area (Å²) in [5, 5.41) is 9.61. The Morgan fingerprint density at radius 1 is 1.29 bits per heavy atom. The largest absolute Gasteiger partial charge is 0.356 e. The van der Waals surface area contributed by atoms with Crippen molar-refractivity contribution in [3.8, 4) is 0 Å². The van der Waals surface area contributed by atoms with Crippen molar-refractivity contribution in [3.63, 3.8) is 0 Å². The molecular formula is C18H29IN4O. The summed E-state index contributed by atoms with van der Waals surface area (Å²) in [4.78, 5) is 16.1. The summed E-state index contributed by atoms with van der Waals surface area (Å²) in [7, 11) is 1.77. The molecule has 3 N–H and O–H groups in total. The summed E-state index contributed by atoms with van der Waals surface area (Å²) >= 11 is 0. The molecule has 1 atom stereocenters. The maximum Gasteiger partial charge on any atom is 0.225 e. The number of carbonyl (C=O) groups is 1. The Morgan fingerprint density at radius 3 is 2.67 bits per heavy atom. The summed E-state index contributed by atoms with van der Waals surface area (Å²) in [6.07, 6.45) is 1.57. The highest BCUT2D eigenvalue weighted by Gasteiger charge is 2.24. The number of para-hydroxylation sites is 1. The first-order valence-corrected chi connectivity index (χ1v) is 8.22. The molecule has 0 saturated heterocycles. The smallest absolute Gasteiger partial charge is 0.225 e. The monoisotopic (exact) mass is 444 g/mol. The van der Waals surface area contributed by atoms with Crippen LogP contribution >= 0.6 is 24.0 Å². The number of nitrogens with one attached hydrogen (secondary N) is 3. The third-order valence-electron chi connectivity index (χ3n) is 4.01. The molecule has 1 aromatic rings. The molecule has 1 aliphatic rings. The molecular weight excluding hydrogens is 415 g/mol. The van der Waals surface area contributed by atoms with Gasteiger partial charge in [0.15, 0.2) is 5.96 Å². The zero-order valence-corrected chi connectivity index (χ0v) is 17.3. The predicted octanol–water partition coefficient (Wildman–Crippen LogP) is 3.33. The van der Waals surface area contributed by atoms with Crippen LogP contribution in [0.15, 0.2) is 29.3 Å². The van der Waals surface area contributed by atoms with Gasteiger partial charge in [-0.2, -0.15) is 0 Å². The van der Waals surface area contributed by atoms with Crippen LogP contribution in [0.4, 0.5) is 5.69 Å². The molecule has 0 spiro atoms. The molecule has 5 nitrogen and oxygen atoms in total. The molecule has 1 heterocycles. The average Bonchev–Trinajstić information content (AvgIpc) is 2.49. The Bertz CT molecular complexity index is 581. The lowest BCUT2D eigenvalue weighted by Crippen LogP contribution is -2.41. The van der Waals surface area contributed by atoms with Gasteiger partial charge in [-0.1, -0.05) is 39.0 Å². The van der Waals surface area contributed by atoms with E-state index in [1.165, 1.54) is 5.56 Å². The number of halogens is 1. The molecule has 1 amide bonds. The van der Waals surface area contributed by atoms with Crippen molar-refractivity contribution >= 4 is 41.5 Å². The van der Waals surface area contributed by atoms with Gasteiger partial charge >= 0.3 is 0 Å². The van der Waals surface area contributed by atoms with Crippen molar-refractivity contribution in [2.24, 2.45) is 10.4 Å². The van der Waals surface area contributed by atoms with E-state index < -0.39 is 0 Å². The maximum absolute atomic E-state index is 11.8. The van der Waals surface area contributed by atoms with Gasteiger partial charge in [-0.25, -0.2) is 0 Å². The van der Waals surface area contributed by atoms with Gasteiger partial charge in [-0.3, -0.25) is 9.79 Å². The van der Waals surface area contributed by atoms with Crippen molar-refractivity contribution in [3.05, 3.63) is 29.8 Å². The number of nitrogens with zero attached hydrogens (tertiary/aromatic N) is 1. The Balaban J connectivity index is 0.00000288. The molecule has 1 aromatic carbocycles. The molecule has 0 aromatic heterocycles. The maximum atomic E-state index is 11.8. The number of guanidine groups is 1. The number of rotatable bonds is 4. The van der Waals surface area contributed by atoms with Gasteiger partial charge in [0, 0.05) is 38.2 Å². The van der Waals surface area contributed by atoms with Crippen LogP contribution in [0.25, 0.3) is 0 Å². The van der Waals surface area contributed by atoms with E-state index >= 15 is 0 Å². The molecule has 1 aliphatic heterocycles. The second-order valence-electron chi connectivity index (χ2n) is 7.23. The highest BCUT2D eigenvalue weighted by atomic mass is 127. The number of benzene rings is 1. The van der Waals surface area contributed by atoms with Crippen molar-refractivity contribution < 1.29 is 4.79 Å². The zero-order valence-electron chi connectivity index (χ0n) is 15.0. The molecule has 2 rings (SSSR count). The lowest BCUT2D eigenvalue weighted by Gasteiger charge is -2.26. The van der Waals surface area contributed by atoms with E-state index in [9.17, 15) is 4.79 Å². The van der Waals surface area contributed by atoms with Gasteiger partial charge in [-0.15, -0.1) is 24.0 Å². The number of fused-ring (bicyclic) bond motifs is 1. The third-order valence-corrected chi connectivity index (χ3v) is 4.01. The first kappa shape index (κ1) is 20.7. The highest BCUT2D eigenvalue weighted by molar-refractivity contribution is 14.0. The van der Waals surface area contributed by atoms with E-state index in [1.807, 2.05) is 18.2 Å². The second-order valence-corrected chi connectivity index (χ2v) is 7.23. The van der Waals surface area contributed by atoms with Gasteiger partial charge in [0.05, 0.1) is 0 Å². The van der Waals surface area contributed by atoms with E-state index in [0.29, 0.717) is 18.4 Å². The summed E-state index contributed by atoms with van der Waals surface area (Å²) in [6.45, 7) is 8.25. The van der Waals surface area contributed by atoms with E-state index in [4.69, 9.17) is 0 Å². The average molecular weight is 444 g/mol. The first-order valence-electron chi connectivity index (χ1n) is 8.22. The highest BCUT2D eigenvalue weighted by Crippen LogP contribution is 2.31. The Hall–Kier alpha value is -1.31. The van der Waals surface area contributed by atoms with Crippen LogP contribution in [-0.2, 0) is 4.79 Å². The standard InChI is InChI=1S/C18H28N4O.HI/c1-18(2,3)9-10-20-17(19-4)21-12-13-11-16(23)22-15-8-6-5-7-14(13)15;/h5-8,13H,9-12H2,1-4H3,(H,22,23)(H2,19,20,21);1H. The van der Waals surface area contributed by atoms with Crippen LogP contribution in [0.3, 0.4) is 0 Å². The first-order chi connectivity index (χ1) is 10.9. The third kappa shape index (κ3) is 6.30. The number of amides is 1. The number of aliphatic imine (C=N–C) groups is 1. The molecule has 0 aliphatic carbocycles. The van der Waals surface area contributed by atoms with Gasteiger partial charge in [0.1, 0.15) is 0 Å². The van der Waals surface area contributed by atoms with Gasteiger partial charge < -0.3 is 16.0 Å². The lowest BCUT2D eigenvalue weighted by atomic mass is 9.90. The van der Waals surface area contributed by atoms with Crippen molar-refractivity contribution in [1.82, 2.24) is 10.6 Å². The van der Waals surface area contributed by atoms with E-state index in [1.54, 1.807) is 7.05 Å². The SMILES string of the molecule is CN=C(NCCC(C)(C)C)NCC1CC(=O)Nc2ccccc21.I. The fourth-order valence-electron chi connectivity index (χ4n) is 2.68. The molecule has 0 fully saturated rings. The topological polar surface area (TPSA) is 65.5 Å². The van der Waals surface area contributed by atoms with Crippen LogP contribution in [-0.4, -0.2) is 32.0 Å². The van der Waals surface area contributed by atoms with Crippen molar-refractivity contribution in [2.45, 2.75) is 39.5 Å². The fourth-order valence-corrected chi connectivity index (χ4v) is 2.68. The van der Waals surface area contributed by atoms with Gasteiger partial charge in [0.25, 0.3) is 0 Å². The van der Waals surface area contributed by atoms with Crippen LogP contribution in [0, 0.1) is 5.41 Å². The van der Waals surface area contributed by atoms with Crippen LogP contribution in [0.2, 0.25) is 0 Å². The van der Waals surface area contributed by atoms with Crippen molar-refractivity contribution in [1.29, 1.82) is 0 Å². The molecule has 24 heavy (non-hydrogen) atoms. The Kier molecular flexibility index (Phi) is 7.99. The van der Waals surface area contributed by atoms with Crippen LogP contribution in [0.5, 0.6) is 0 Å². The number of carbonyl (C=O) groups excluding carboxylic acids is 1. The predicted molar refractivity (Wildman–Crippen MR) is 111 cm³/mol. The van der Waals surface area contributed by atoms with Gasteiger partial charge in [0.2, 0.25) is 5.91 Å². The molecule has 0 saturated carbocycles. The Labute approximate surface area is 162 Å². The van der Waals surface area contributed by atoms with Crippen LogP contribution < -0.4 is 16.0 Å². The molecule has 0 radical (unpaired) electrons. The van der Waals surface area contributed by atoms with Crippen molar-refractivity contribution in [2.75, 3.05) is 25.5 Å². The Morgan fingerprint density at radius 2 is 2.00 bits per heavy atom. The second kappa shape index (κ2) is 9.25. The fraction of sp³-hybridized carbons (Fsp3) is 0.556. The number of hydrogen-bond donors (Lipinski definition) is 3. The lowest BCUT2D eigenvalue weighted by molar-refractivity contribution is -0.116. The van der Waals surface area contributed by atoms with E-state index in [0.717, 1.165) is 24.6 Å².